The van der Waals surface area contributed by atoms with Gasteiger partial charge in [0, 0.05) is 13.0 Å². The van der Waals surface area contributed by atoms with Gasteiger partial charge < -0.3 is 15.1 Å². The van der Waals surface area contributed by atoms with Crippen molar-refractivity contribution < 1.29 is 19.8 Å². The zero-order valence-electron chi connectivity index (χ0n) is 13.4. The molecule has 0 bridgehead atoms. The summed E-state index contributed by atoms with van der Waals surface area (Å²) in [5, 5.41) is 19.9. The van der Waals surface area contributed by atoms with Gasteiger partial charge in [-0.25, -0.2) is 0 Å². The third kappa shape index (κ3) is 3.84. The lowest BCUT2D eigenvalue weighted by molar-refractivity contribution is -0.128. The summed E-state index contributed by atoms with van der Waals surface area (Å²) in [7, 11) is 1.48. The van der Waals surface area contributed by atoms with Crippen molar-refractivity contribution in [2.75, 3.05) is 7.05 Å². The molecule has 2 N–H and O–H groups in total. The Morgan fingerprint density at radius 1 is 1.24 bits per heavy atom. The fourth-order valence-electron chi connectivity index (χ4n) is 2.77. The summed E-state index contributed by atoms with van der Waals surface area (Å²) in [5.74, 6) is -1.32. The summed E-state index contributed by atoms with van der Waals surface area (Å²) < 4.78 is 0. The van der Waals surface area contributed by atoms with Crippen LogP contribution in [-0.4, -0.2) is 46.0 Å². The second kappa shape index (κ2) is 7.59. The Balaban J connectivity index is 2.85. The topological polar surface area (TPSA) is 77.8 Å². The van der Waals surface area contributed by atoms with E-state index in [0.29, 0.717) is 0 Å². The van der Waals surface area contributed by atoms with E-state index in [-0.39, 0.29) is 17.3 Å². The number of amides is 1. The third-order valence-electron chi connectivity index (χ3n) is 4.14. The largest absolute Gasteiger partial charge is 0.511 e. The lowest BCUT2D eigenvalue weighted by Gasteiger charge is -2.19. The van der Waals surface area contributed by atoms with Crippen molar-refractivity contribution in [1.82, 2.24) is 4.90 Å². The van der Waals surface area contributed by atoms with Crippen molar-refractivity contribution in [2.45, 2.75) is 65.0 Å². The number of carbonyl (C=O) groups is 2. The number of nitrogens with zero attached hydrogens (tertiary/aromatic N) is 1. The highest BCUT2D eigenvalue weighted by Crippen LogP contribution is 2.28. The molecule has 0 saturated carbocycles. The van der Waals surface area contributed by atoms with Crippen LogP contribution in [0.2, 0.25) is 0 Å². The Morgan fingerprint density at radius 2 is 1.86 bits per heavy atom. The number of likely N-dealkylation sites (N-methyl/N-ethyl adjacent to an activating group) is 1. The molecule has 120 valence electrons. The number of rotatable bonds is 7. The molecule has 1 rings (SSSR count). The molecule has 0 spiro atoms. The van der Waals surface area contributed by atoms with Gasteiger partial charge in [0.15, 0.2) is 5.78 Å². The zero-order valence-corrected chi connectivity index (χ0v) is 13.4. The summed E-state index contributed by atoms with van der Waals surface area (Å²) in [5.41, 5.74) is -0.147. The molecule has 3 atom stereocenters. The molecule has 0 aromatic heterocycles. The van der Waals surface area contributed by atoms with Crippen LogP contribution in [0.5, 0.6) is 0 Å². The number of aliphatic hydroxyl groups excluding tert-OH is 2. The predicted molar refractivity (Wildman–Crippen MR) is 80.8 cm³/mol. The first-order valence-electron chi connectivity index (χ1n) is 7.75. The molecular formula is C16H27NO4. The molecule has 0 radical (unpaired) electrons. The zero-order chi connectivity index (χ0) is 16.2. The Bertz CT molecular complexity index is 428. The molecule has 0 unspecified atom stereocenters. The van der Waals surface area contributed by atoms with Gasteiger partial charge in [0.25, 0.3) is 5.91 Å². The lowest BCUT2D eigenvalue weighted by Crippen LogP contribution is -2.40. The van der Waals surface area contributed by atoms with Crippen molar-refractivity contribution in [3.63, 3.8) is 0 Å². The molecule has 21 heavy (non-hydrogen) atoms. The Hall–Kier alpha value is -1.36. The second-order valence-corrected chi connectivity index (χ2v) is 5.98. The number of Topliss-reactive ketones (excluding diaryl/α,β-unsaturated/α-hetero) is 1. The van der Waals surface area contributed by atoms with E-state index in [1.54, 1.807) is 0 Å². The van der Waals surface area contributed by atoms with Crippen molar-refractivity contribution in [3.05, 3.63) is 11.3 Å². The number of carbonyl (C=O) groups excluding carboxylic acids is 2. The van der Waals surface area contributed by atoms with E-state index >= 15 is 0 Å². The maximum absolute atomic E-state index is 12.2. The monoisotopic (exact) mass is 297 g/mol. The minimum Gasteiger partial charge on any atom is -0.511 e. The van der Waals surface area contributed by atoms with Gasteiger partial charge in [0.05, 0.1) is 6.10 Å². The summed E-state index contributed by atoms with van der Waals surface area (Å²) in [6.07, 6.45) is 4.13. The van der Waals surface area contributed by atoms with Gasteiger partial charge in [-0.3, -0.25) is 9.59 Å². The number of aliphatic hydroxyl groups is 2. The van der Waals surface area contributed by atoms with E-state index < -0.39 is 23.8 Å². The van der Waals surface area contributed by atoms with E-state index in [4.69, 9.17) is 0 Å². The summed E-state index contributed by atoms with van der Waals surface area (Å²) in [4.78, 5) is 25.6. The first kappa shape index (κ1) is 17.7. The van der Waals surface area contributed by atoms with Crippen molar-refractivity contribution in [3.8, 4) is 0 Å². The number of likely N-dealkylation sites (tertiary alicyclic amines) is 1. The SMILES string of the molecule is CCCCCC[C@@H](C)C(O)=C1C(=O)[C@@H]([C@H](C)O)N(C)C1=O. The molecular weight excluding hydrogens is 270 g/mol. The van der Waals surface area contributed by atoms with Crippen LogP contribution in [0.3, 0.4) is 0 Å². The molecule has 5 heteroatoms. The van der Waals surface area contributed by atoms with Crippen molar-refractivity contribution >= 4 is 11.7 Å². The number of ketones is 1. The first-order chi connectivity index (χ1) is 9.82. The van der Waals surface area contributed by atoms with Crippen LogP contribution in [0.15, 0.2) is 11.3 Å². The van der Waals surface area contributed by atoms with E-state index in [1.807, 2.05) is 6.92 Å². The van der Waals surface area contributed by atoms with Gasteiger partial charge >= 0.3 is 0 Å². The van der Waals surface area contributed by atoms with Crippen LogP contribution in [0, 0.1) is 5.92 Å². The predicted octanol–water partition coefficient (Wildman–Crippen LogP) is 2.20. The summed E-state index contributed by atoms with van der Waals surface area (Å²) >= 11 is 0. The minimum absolute atomic E-state index is 0.128. The second-order valence-electron chi connectivity index (χ2n) is 5.98. The molecule has 1 saturated heterocycles. The summed E-state index contributed by atoms with van der Waals surface area (Å²) in [6, 6.07) is -0.887. The van der Waals surface area contributed by atoms with Crippen molar-refractivity contribution in [2.24, 2.45) is 5.92 Å². The first-order valence-corrected chi connectivity index (χ1v) is 7.75. The molecule has 1 fully saturated rings. The number of hydrogen-bond donors (Lipinski definition) is 2. The maximum Gasteiger partial charge on any atom is 0.261 e. The highest BCUT2D eigenvalue weighted by molar-refractivity contribution is 6.26. The smallest absolute Gasteiger partial charge is 0.261 e. The number of unbranched alkanes of at least 4 members (excludes halogenated alkanes) is 3. The van der Waals surface area contributed by atoms with E-state index in [1.165, 1.54) is 18.9 Å². The number of allylic oxidation sites excluding steroid dienone is 1. The van der Waals surface area contributed by atoms with Gasteiger partial charge in [-0.05, 0) is 13.3 Å². The minimum atomic E-state index is -0.948. The van der Waals surface area contributed by atoms with Crippen LogP contribution in [-0.2, 0) is 9.59 Å². The van der Waals surface area contributed by atoms with Crippen LogP contribution >= 0.6 is 0 Å². The highest BCUT2D eigenvalue weighted by Gasteiger charge is 2.45. The standard InChI is InChI=1S/C16H27NO4/c1-5-6-7-8-9-10(2)14(19)12-15(20)13(11(3)18)17(4)16(12)21/h10-11,13,18-19H,5-9H2,1-4H3/t10-,11+,13-/m1/s1. The van der Waals surface area contributed by atoms with Crippen LogP contribution in [0.4, 0.5) is 0 Å². The molecule has 1 aliphatic rings. The lowest BCUT2D eigenvalue weighted by atomic mass is 9.95. The third-order valence-corrected chi connectivity index (χ3v) is 4.14. The van der Waals surface area contributed by atoms with Gasteiger partial charge in [0.2, 0.25) is 0 Å². The van der Waals surface area contributed by atoms with E-state index in [9.17, 15) is 19.8 Å². The highest BCUT2D eigenvalue weighted by atomic mass is 16.3. The molecule has 1 heterocycles. The molecule has 0 aromatic rings. The van der Waals surface area contributed by atoms with E-state index in [0.717, 1.165) is 32.1 Å². The van der Waals surface area contributed by atoms with Crippen molar-refractivity contribution in [1.29, 1.82) is 0 Å². The Morgan fingerprint density at radius 3 is 2.33 bits per heavy atom. The fourth-order valence-corrected chi connectivity index (χ4v) is 2.77. The van der Waals surface area contributed by atoms with Crippen LogP contribution in [0.25, 0.3) is 0 Å². The maximum atomic E-state index is 12.2. The molecule has 1 amide bonds. The van der Waals surface area contributed by atoms with Crippen LogP contribution in [0.1, 0.15) is 52.9 Å². The number of hydrogen-bond acceptors (Lipinski definition) is 4. The van der Waals surface area contributed by atoms with Gasteiger partial charge in [-0.15, -0.1) is 0 Å². The fraction of sp³-hybridized carbons (Fsp3) is 0.750. The molecule has 0 aromatic carbocycles. The van der Waals surface area contributed by atoms with Crippen LogP contribution < -0.4 is 0 Å². The molecule has 1 aliphatic heterocycles. The van der Waals surface area contributed by atoms with Gasteiger partial charge in [-0.2, -0.15) is 0 Å². The molecule has 5 nitrogen and oxygen atoms in total. The normalized spacial score (nSPS) is 24.4. The molecule has 0 aliphatic carbocycles. The van der Waals surface area contributed by atoms with Gasteiger partial charge in [0.1, 0.15) is 17.4 Å². The summed E-state index contributed by atoms with van der Waals surface area (Å²) in [6.45, 7) is 5.43. The Labute approximate surface area is 126 Å². The Kier molecular flexibility index (Phi) is 6.40. The average molecular weight is 297 g/mol. The van der Waals surface area contributed by atoms with Gasteiger partial charge in [-0.1, -0.05) is 39.5 Å². The quantitative estimate of drug-likeness (QED) is 0.327. The van der Waals surface area contributed by atoms with E-state index in [2.05, 4.69) is 6.92 Å². The average Bonchev–Trinajstić information content (AvgIpc) is 2.64.